The van der Waals surface area contributed by atoms with E-state index in [4.69, 9.17) is 0 Å². The van der Waals surface area contributed by atoms with Gasteiger partial charge >= 0.3 is 0 Å². The molecule has 0 aromatic carbocycles. The first kappa shape index (κ1) is 15.6. The van der Waals surface area contributed by atoms with Gasteiger partial charge < -0.3 is 5.32 Å². The Morgan fingerprint density at radius 1 is 1.47 bits per heavy atom. The van der Waals surface area contributed by atoms with E-state index in [9.17, 15) is 9.18 Å². The van der Waals surface area contributed by atoms with Crippen molar-refractivity contribution in [3.05, 3.63) is 35.8 Å². The second-order valence-corrected chi connectivity index (χ2v) is 3.93. The summed E-state index contributed by atoms with van der Waals surface area (Å²) in [6.45, 7) is 10.9. The molecule has 0 radical (unpaired) electrons. The highest BCUT2D eigenvalue weighted by Crippen LogP contribution is 2.16. The molecule has 0 heterocycles. The van der Waals surface area contributed by atoms with Crippen molar-refractivity contribution >= 4 is 5.78 Å². The molecule has 0 saturated carbocycles. The second kappa shape index (κ2) is 7.82. The number of allylic oxidation sites excluding steroid dienone is 4. The van der Waals surface area contributed by atoms with E-state index in [0.29, 0.717) is 18.5 Å². The van der Waals surface area contributed by atoms with E-state index < -0.39 is 11.9 Å². The van der Waals surface area contributed by atoms with Crippen LogP contribution in [0.25, 0.3) is 0 Å². The van der Waals surface area contributed by atoms with Crippen LogP contribution in [0.15, 0.2) is 35.8 Å². The predicted molar refractivity (Wildman–Crippen MR) is 70.3 cm³/mol. The van der Waals surface area contributed by atoms with Crippen molar-refractivity contribution in [1.29, 1.82) is 0 Å². The van der Waals surface area contributed by atoms with Gasteiger partial charge in [-0.1, -0.05) is 26.5 Å². The van der Waals surface area contributed by atoms with Gasteiger partial charge in [-0.25, -0.2) is 4.39 Å². The fraction of sp³-hybridized carbons (Fsp3) is 0.500. The molecule has 1 N–H and O–H groups in total. The summed E-state index contributed by atoms with van der Waals surface area (Å²) in [6.07, 6.45) is 3.91. The molecule has 0 aliphatic rings. The number of hydrogen-bond acceptors (Lipinski definition) is 2. The largest absolute Gasteiger partial charge is 0.379 e. The maximum absolute atomic E-state index is 13.7. The Balaban J connectivity index is 5.08. The van der Waals surface area contributed by atoms with Crippen LogP contribution in [0.1, 0.15) is 40.5 Å². The summed E-state index contributed by atoms with van der Waals surface area (Å²) in [4.78, 5) is 12.1. The lowest BCUT2D eigenvalue weighted by atomic mass is 9.99. The van der Waals surface area contributed by atoms with Crippen LogP contribution in [0.4, 0.5) is 4.39 Å². The van der Waals surface area contributed by atoms with Crippen LogP contribution in [0.5, 0.6) is 0 Å². The SMILES string of the molecule is C=C(C)NC(CC)C(=O)/C(CC)=C(F)/C=C\C. The lowest BCUT2D eigenvalue weighted by Gasteiger charge is -2.18. The van der Waals surface area contributed by atoms with E-state index in [-0.39, 0.29) is 11.4 Å². The van der Waals surface area contributed by atoms with Crippen LogP contribution in [0.3, 0.4) is 0 Å². The number of Topliss-reactive ketones (excluding diaryl/α,β-unsaturated/α-hetero) is 1. The fourth-order valence-corrected chi connectivity index (χ4v) is 1.57. The van der Waals surface area contributed by atoms with E-state index in [1.54, 1.807) is 26.8 Å². The van der Waals surface area contributed by atoms with Crippen LogP contribution < -0.4 is 5.32 Å². The zero-order chi connectivity index (χ0) is 13.4. The average molecular weight is 239 g/mol. The Morgan fingerprint density at radius 3 is 2.41 bits per heavy atom. The Hall–Kier alpha value is -1.38. The molecule has 1 atom stereocenters. The summed E-state index contributed by atoms with van der Waals surface area (Å²) in [5.41, 5.74) is 0.954. The van der Waals surface area contributed by atoms with Crippen molar-refractivity contribution in [1.82, 2.24) is 5.32 Å². The number of rotatable bonds is 7. The molecule has 96 valence electrons. The quantitative estimate of drug-likeness (QED) is 0.542. The van der Waals surface area contributed by atoms with Crippen molar-refractivity contribution in [2.24, 2.45) is 0 Å². The highest BCUT2D eigenvalue weighted by atomic mass is 19.1. The zero-order valence-electron chi connectivity index (χ0n) is 11.1. The lowest BCUT2D eigenvalue weighted by molar-refractivity contribution is -0.117. The van der Waals surface area contributed by atoms with Gasteiger partial charge in [0.1, 0.15) is 5.83 Å². The van der Waals surface area contributed by atoms with Crippen molar-refractivity contribution in [3.63, 3.8) is 0 Å². The van der Waals surface area contributed by atoms with Crippen LogP contribution in [-0.4, -0.2) is 11.8 Å². The van der Waals surface area contributed by atoms with Crippen LogP contribution >= 0.6 is 0 Å². The van der Waals surface area contributed by atoms with Crippen molar-refractivity contribution in [2.45, 2.75) is 46.6 Å². The topological polar surface area (TPSA) is 29.1 Å². The molecule has 0 aromatic rings. The number of carbonyl (C=O) groups excluding carboxylic acids is 1. The predicted octanol–water partition coefficient (Wildman–Crippen LogP) is 3.67. The molecule has 0 spiro atoms. The molecule has 1 unspecified atom stereocenters. The standard InChI is InChI=1S/C14H22FNO/c1-6-9-12(15)11(7-2)14(17)13(8-3)16-10(4)5/h6,9,13,16H,4,7-8H2,1-3,5H3/b9-6-,12-11-. The highest BCUT2D eigenvalue weighted by Gasteiger charge is 2.21. The van der Waals surface area contributed by atoms with E-state index >= 15 is 0 Å². The van der Waals surface area contributed by atoms with Crippen LogP contribution in [0, 0.1) is 0 Å². The molecule has 0 bridgehead atoms. The third-order valence-electron chi connectivity index (χ3n) is 2.40. The monoisotopic (exact) mass is 239 g/mol. The summed E-state index contributed by atoms with van der Waals surface area (Å²) in [6, 6.07) is -0.390. The first-order valence-corrected chi connectivity index (χ1v) is 5.95. The molecule has 17 heavy (non-hydrogen) atoms. The van der Waals surface area contributed by atoms with Gasteiger partial charge in [0.05, 0.1) is 6.04 Å². The number of halogens is 1. The molecule has 3 heteroatoms. The van der Waals surface area contributed by atoms with Crippen LogP contribution in [-0.2, 0) is 4.79 Å². The number of nitrogens with one attached hydrogen (secondary N) is 1. The van der Waals surface area contributed by atoms with Gasteiger partial charge in [-0.3, -0.25) is 4.79 Å². The number of hydrogen-bond donors (Lipinski definition) is 1. The molecular weight excluding hydrogens is 217 g/mol. The molecule has 0 aliphatic carbocycles. The molecule has 0 aromatic heterocycles. The summed E-state index contributed by atoms with van der Waals surface area (Å²) in [5.74, 6) is -0.629. The number of ketones is 1. The van der Waals surface area contributed by atoms with Gasteiger partial charge in [0.15, 0.2) is 5.78 Å². The summed E-state index contributed by atoms with van der Waals surface area (Å²) in [7, 11) is 0. The molecule has 0 saturated heterocycles. The Morgan fingerprint density at radius 2 is 2.06 bits per heavy atom. The minimum absolute atomic E-state index is 0.186. The fourth-order valence-electron chi connectivity index (χ4n) is 1.57. The molecular formula is C14H22FNO. The average Bonchev–Trinajstić information content (AvgIpc) is 2.26. The van der Waals surface area contributed by atoms with E-state index in [1.165, 1.54) is 6.08 Å². The van der Waals surface area contributed by atoms with Gasteiger partial charge in [-0.2, -0.15) is 0 Å². The van der Waals surface area contributed by atoms with Crippen molar-refractivity contribution < 1.29 is 9.18 Å². The van der Waals surface area contributed by atoms with E-state index in [2.05, 4.69) is 11.9 Å². The van der Waals surface area contributed by atoms with Gasteiger partial charge in [-0.05, 0) is 32.8 Å². The minimum Gasteiger partial charge on any atom is -0.379 e. The molecule has 0 amide bonds. The third-order valence-corrected chi connectivity index (χ3v) is 2.40. The maximum atomic E-state index is 13.7. The van der Waals surface area contributed by atoms with Crippen molar-refractivity contribution in [3.8, 4) is 0 Å². The molecule has 0 aliphatic heterocycles. The maximum Gasteiger partial charge on any atom is 0.183 e. The Bertz CT molecular complexity index is 342. The second-order valence-electron chi connectivity index (χ2n) is 3.93. The van der Waals surface area contributed by atoms with Gasteiger partial charge in [-0.15, -0.1) is 0 Å². The first-order valence-electron chi connectivity index (χ1n) is 5.95. The smallest absolute Gasteiger partial charge is 0.183 e. The molecule has 0 rings (SSSR count). The number of carbonyl (C=O) groups is 1. The van der Waals surface area contributed by atoms with Gasteiger partial charge in [0, 0.05) is 11.3 Å². The van der Waals surface area contributed by atoms with E-state index in [1.807, 2.05) is 6.92 Å². The molecule has 2 nitrogen and oxygen atoms in total. The van der Waals surface area contributed by atoms with Gasteiger partial charge in [0.25, 0.3) is 0 Å². The normalized spacial score (nSPS) is 14.4. The summed E-state index contributed by atoms with van der Waals surface area (Å²) in [5, 5.41) is 2.97. The summed E-state index contributed by atoms with van der Waals surface area (Å²) < 4.78 is 13.7. The zero-order valence-corrected chi connectivity index (χ0v) is 11.1. The third kappa shape index (κ3) is 4.98. The van der Waals surface area contributed by atoms with Gasteiger partial charge in [0.2, 0.25) is 0 Å². The van der Waals surface area contributed by atoms with Crippen LogP contribution in [0.2, 0.25) is 0 Å². The lowest BCUT2D eigenvalue weighted by Crippen LogP contribution is -2.35. The van der Waals surface area contributed by atoms with Crippen molar-refractivity contribution in [2.75, 3.05) is 0 Å². The molecule has 0 fully saturated rings. The first-order chi connectivity index (χ1) is 7.97. The Labute approximate surface area is 103 Å². The Kier molecular flexibility index (Phi) is 7.19. The van der Waals surface area contributed by atoms with E-state index in [0.717, 1.165) is 0 Å². The summed E-state index contributed by atoms with van der Waals surface area (Å²) >= 11 is 0. The minimum atomic E-state index is -0.443. The highest BCUT2D eigenvalue weighted by molar-refractivity contribution is 6.00.